The van der Waals surface area contributed by atoms with Crippen molar-refractivity contribution in [3.05, 3.63) is 23.8 Å². The SMILES string of the molecule is CCCSc1cc(OCCCCl)ccc1C. The number of rotatable bonds is 7. The van der Waals surface area contributed by atoms with Crippen molar-refractivity contribution in [2.24, 2.45) is 0 Å². The van der Waals surface area contributed by atoms with Gasteiger partial charge in [-0.1, -0.05) is 13.0 Å². The summed E-state index contributed by atoms with van der Waals surface area (Å²) in [5, 5.41) is 0. The van der Waals surface area contributed by atoms with Crippen LogP contribution in [0.1, 0.15) is 25.3 Å². The molecule has 0 heterocycles. The van der Waals surface area contributed by atoms with Crippen LogP contribution in [0.25, 0.3) is 0 Å². The molecule has 90 valence electrons. The maximum absolute atomic E-state index is 5.62. The predicted octanol–water partition coefficient (Wildman–Crippen LogP) is 4.50. The molecule has 0 spiro atoms. The molecular weight excluding hydrogens is 240 g/mol. The Bertz CT molecular complexity index is 315. The number of thioether (sulfide) groups is 1. The van der Waals surface area contributed by atoms with Gasteiger partial charge in [-0.25, -0.2) is 0 Å². The fourth-order valence-electron chi connectivity index (χ4n) is 1.28. The Hall–Kier alpha value is -0.340. The maximum atomic E-state index is 5.62. The van der Waals surface area contributed by atoms with Crippen molar-refractivity contribution in [1.82, 2.24) is 0 Å². The van der Waals surface area contributed by atoms with E-state index in [1.807, 2.05) is 17.8 Å². The second-order valence-corrected chi connectivity index (χ2v) is 5.18. The van der Waals surface area contributed by atoms with Gasteiger partial charge in [-0.3, -0.25) is 0 Å². The topological polar surface area (TPSA) is 9.23 Å². The highest BCUT2D eigenvalue weighted by atomic mass is 35.5. The van der Waals surface area contributed by atoms with Crippen LogP contribution in [0.2, 0.25) is 0 Å². The molecule has 0 fully saturated rings. The second-order valence-electron chi connectivity index (χ2n) is 3.67. The number of benzene rings is 1. The molecule has 0 radical (unpaired) electrons. The van der Waals surface area contributed by atoms with Crippen LogP contribution in [0.3, 0.4) is 0 Å². The standard InChI is InChI=1S/C13H19ClOS/c1-3-9-16-13-10-12(6-5-11(13)2)15-8-4-7-14/h5-6,10H,3-4,7-9H2,1-2H3. The third kappa shape index (κ3) is 4.67. The largest absolute Gasteiger partial charge is 0.494 e. The van der Waals surface area contributed by atoms with Crippen molar-refractivity contribution >= 4 is 23.4 Å². The minimum atomic E-state index is 0.656. The molecule has 0 N–H and O–H groups in total. The van der Waals surface area contributed by atoms with E-state index >= 15 is 0 Å². The minimum absolute atomic E-state index is 0.656. The second kappa shape index (κ2) is 7.86. The van der Waals surface area contributed by atoms with Crippen molar-refractivity contribution in [3.8, 4) is 5.75 Å². The molecule has 0 saturated carbocycles. The van der Waals surface area contributed by atoms with Crippen molar-refractivity contribution in [1.29, 1.82) is 0 Å². The Morgan fingerprint density at radius 3 is 2.88 bits per heavy atom. The van der Waals surface area contributed by atoms with E-state index in [1.54, 1.807) is 0 Å². The van der Waals surface area contributed by atoms with Crippen LogP contribution in [0, 0.1) is 6.92 Å². The third-order valence-corrected chi connectivity index (χ3v) is 3.80. The number of alkyl halides is 1. The number of hydrogen-bond acceptors (Lipinski definition) is 2. The molecule has 0 bridgehead atoms. The fraction of sp³-hybridized carbons (Fsp3) is 0.538. The Morgan fingerprint density at radius 2 is 2.19 bits per heavy atom. The molecular formula is C13H19ClOS. The molecule has 0 amide bonds. The van der Waals surface area contributed by atoms with Gasteiger partial charge in [0.1, 0.15) is 5.75 Å². The average molecular weight is 259 g/mol. The number of aryl methyl sites for hydroxylation is 1. The first-order valence-corrected chi connectivity index (χ1v) is 7.22. The molecule has 1 rings (SSSR count). The Balaban J connectivity index is 2.58. The first kappa shape index (κ1) is 13.7. The van der Waals surface area contributed by atoms with E-state index in [-0.39, 0.29) is 0 Å². The number of ether oxygens (including phenoxy) is 1. The Labute approximate surface area is 108 Å². The summed E-state index contributed by atoms with van der Waals surface area (Å²) in [6, 6.07) is 6.28. The molecule has 0 aromatic heterocycles. The molecule has 3 heteroatoms. The van der Waals surface area contributed by atoms with E-state index in [0.717, 1.165) is 17.9 Å². The monoisotopic (exact) mass is 258 g/mol. The molecule has 1 aromatic rings. The summed E-state index contributed by atoms with van der Waals surface area (Å²) in [4.78, 5) is 1.32. The maximum Gasteiger partial charge on any atom is 0.120 e. The van der Waals surface area contributed by atoms with Gasteiger partial charge in [0.15, 0.2) is 0 Å². The lowest BCUT2D eigenvalue weighted by molar-refractivity contribution is 0.317. The summed E-state index contributed by atoms with van der Waals surface area (Å²) >= 11 is 7.50. The number of hydrogen-bond donors (Lipinski definition) is 0. The summed E-state index contributed by atoms with van der Waals surface area (Å²) in [5.74, 6) is 2.77. The molecule has 0 unspecified atom stereocenters. The van der Waals surface area contributed by atoms with E-state index < -0.39 is 0 Å². The lowest BCUT2D eigenvalue weighted by atomic mass is 10.2. The zero-order valence-electron chi connectivity index (χ0n) is 9.96. The van der Waals surface area contributed by atoms with Crippen LogP contribution >= 0.6 is 23.4 Å². The third-order valence-electron chi connectivity index (χ3n) is 2.17. The van der Waals surface area contributed by atoms with Crippen LogP contribution in [-0.4, -0.2) is 18.2 Å². The quantitative estimate of drug-likeness (QED) is 0.404. The summed E-state index contributed by atoms with van der Waals surface area (Å²) in [6.07, 6.45) is 2.09. The molecule has 0 saturated heterocycles. The van der Waals surface area contributed by atoms with Crippen molar-refractivity contribution in [2.45, 2.75) is 31.6 Å². The van der Waals surface area contributed by atoms with Crippen LogP contribution in [0.5, 0.6) is 5.75 Å². The molecule has 0 aliphatic heterocycles. The van der Waals surface area contributed by atoms with Gasteiger partial charge in [0.05, 0.1) is 6.61 Å². The summed E-state index contributed by atoms with van der Waals surface area (Å²) in [7, 11) is 0. The highest BCUT2D eigenvalue weighted by Crippen LogP contribution is 2.27. The first-order chi connectivity index (χ1) is 7.77. The minimum Gasteiger partial charge on any atom is -0.494 e. The summed E-state index contributed by atoms with van der Waals surface area (Å²) < 4.78 is 5.62. The van der Waals surface area contributed by atoms with E-state index in [1.165, 1.54) is 16.9 Å². The van der Waals surface area contributed by atoms with Crippen LogP contribution < -0.4 is 4.74 Å². The van der Waals surface area contributed by atoms with E-state index in [9.17, 15) is 0 Å². The lowest BCUT2D eigenvalue weighted by Gasteiger charge is -2.09. The molecule has 16 heavy (non-hydrogen) atoms. The lowest BCUT2D eigenvalue weighted by Crippen LogP contribution is -1.98. The fourth-order valence-corrected chi connectivity index (χ4v) is 2.31. The van der Waals surface area contributed by atoms with Crippen molar-refractivity contribution < 1.29 is 4.74 Å². The van der Waals surface area contributed by atoms with Gasteiger partial charge in [-0.05, 0) is 43.2 Å². The van der Waals surface area contributed by atoms with Crippen LogP contribution in [0.15, 0.2) is 23.1 Å². The summed E-state index contributed by atoms with van der Waals surface area (Å²) in [5.41, 5.74) is 1.32. The van der Waals surface area contributed by atoms with Gasteiger partial charge in [0.25, 0.3) is 0 Å². The van der Waals surface area contributed by atoms with Gasteiger partial charge in [0.2, 0.25) is 0 Å². The van der Waals surface area contributed by atoms with Crippen LogP contribution in [-0.2, 0) is 0 Å². The van der Waals surface area contributed by atoms with Crippen molar-refractivity contribution in [2.75, 3.05) is 18.2 Å². The van der Waals surface area contributed by atoms with Crippen molar-refractivity contribution in [3.63, 3.8) is 0 Å². The molecule has 1 aromatic carbocycles. The predicted molar refractivity (Wildman–Crippen MR) is 73.0 cm³/mol. The molecule has 0 aliphatic rings. The van der Waals surface area contributed by atoms with E-state index in [4.69, 9.17) is 16.3 Å². The molecule has 1 nitrogen and oxygen atoms in total. The summed E-state index contributed by atoms with van der Waals surface area (Å²) in [6.45, 7) is 5.04. The highest BCUT2D eigenvalue weighted by molar-refractivity contribution is 7.99. The Morgan fingerprint density at radius 1 is 1.38 bits per heavy atom. The van der Waals surface area contributed by atoms with E-state index in [0.29, 0.717) is 12.5 Å². The zero-order valence-corrected chi connectivity index (χ0v) is 11.5. The highest BCUT2D eigenvalue weighted by Gasteiger charge is 2.01. The first-order valence-electron chi connectivity index (χ1n) is 5.70. The zero-order chi connectivity index (χ0) is 11.8. The van der Waals surface area contributed by atoms with Gasteiger partial charge >= 0.3 is 0 Å². The Kier molecular flexibility index (Phi) is 6.74. The smallest absolute Gasteiger partial charge is 0.120 e. The van der Waals surface area contributed by atoms with Gasteiger partial charge in [0, 0.05) is 10.8 Å². The van der Waals surface area contributed by atoms with E-state index in [2.05, 4.69) is 26.0 Å². The number of halogens is 1. The van der Waals surface area contributed by atoms with Gasteiger partial charge in [-0.15, -0.1) is 23.4 Å². The molecule has 0 aliphatic carbocycles. The molecule has 0 atom stereocenters. The average Bonchev–Trinajstić information content (AvgIpc) is 2.30. The van der Waals surface area contributed by atoms with Gasteiger partial charge < -0.3 is 4.74 Å². The normalized spacial score (nSPS) is 10.4. The van der Waals surface area contributed by atoms with Crippen LogP contribution in [0.4, 0.5) is 0 Å². The van der Waals surface area contributed by atoms with Gasteiger partial charge in [-0.2, -0.15) is 0 Å².